The van der Waals surface area contributed by atoms with Gasteiger partial charge in [-0.3, -0.25) is 0 Å². The van der Waals surface area contributed by atoms with Gasteiger partial charge in [-0.05, 0) is 50.2 Å². The molecule has 2 N–H and O–H groups in total. The number of rotatable bonds is 5. The molecule has 1 aromatic heterocycles. The Morgan fingerprint density at radius 1 is 1.25 bits per heavy atom. The number of anilines is 2. The first-order valence-electron chi connectivity index (χ1n) is 9.04. The fourth-order valence-corrected chi connectivity index (χ4v) is 3.08. The normalized spacial score (nSPS) is 21.1. The van der Waals surface area contributed by atoms with Crippen LogP contribution in [-0.2, 0) is 0 Å². The molecule has 0 radical (unpaired) electrons. The number of pyridine rings is 1. The summed E-state index contributed by atoms with van der Waals surface area (Å²) in [6.45, 7) is 2.52. The third-order valence-corrected chi connectivity index (χ3v) is 4.83. The molecular weight excluding hydrogens is 302 g/mol. The van der Waals surface area contributed by atoms with Crippen LogP contribution in [0.4, 0.5) is 16.3 Å². The van der Waals surface area contributed by atoms with Crippen molar-refractivity contribution in [3.63, 3.8) is 0 Å². The molecule has 1 aliphatic carbocycles. The lowest BCUT2D eigenvalue weighted by Gasteiger charge is -2.21. The zero-order chi connectivity index (χ0) is 16.9. The van der Waals surface area contributed by atoms with Crippen molar-refractivity contribution in [3.8, 4) is 0 Å². The number of urea groups is 1. The average molecular weight is 331 g/mol. The summed E-state index contributed by atoms with van der Waals surface area (Å²) in [5, 5.41) is 6.64. The van der Waals surface area contributed by atoms with Gasteiger partial charge >= 0.3 is 6.03 Å². The minimum Gasteiger partial charge on any atom is -0.381 e. The van der Waals surface area contributed by atoms with Gasteiger partial charge in [-0.1, -0.05) is 0 Å². The maximum absolute atomic E-state index is 12.2. The van der Waals surface area contributed by atoms with Gasteiger partial charge in [-0.25, -0.2) is 9.78 Å². The molecule has 0 spiro atoms. The van der Waals surface area contributed by atoms with E-state index in [0.29, 0.717) is 6.04 Å². The third kappa shape index (κ3) is 4.76. The SMILES string of the molecule is CN(C)c1ccc(NC2CCCN(C(=O)NCC3CC3)CC2)cn1. The third-order valence-electron chi connectivity index (χ3n) is 4.83. The molecule has 1 atom stereocenters. The second-order valence-corrected chi connectivity index (χ2v) is 7.19. The molecule has 1 saturated heterocycles. The van der Waals surface area contributed by atoms with Gasteiger partial charge in [0, 0.05) is 39.8 Å². The fourth-order valence-electron chi connectivity index (χ4n) is 3.08. The molecule has 2 fully saturated rings. The number of amides is 2. The first kappa shape index (κ1) is 16.9. The van der Waals surface area contributed by atoms with Crippen molar-refractivity contribution >= 4 is 17.5 Å². The van der Waals surface area contributed by atoms with Gasteiger partial charge in [-0.15, -0.1) is 0 Å². The first-order chi connectivity index (χ1) is 11.6. The van der Waals surface area contributed by atoms with Crippen LogP contribution in [0.25, 0.3) is 0 Å². The second-order valence-electron chi connectivity index (χ2n) is 7.19. The fraction of sp³-hybridized carbons (Fsp3) is 0.667. The molecule has 0 aromatic carbocycles. The highest BCUT2D eigenvalue weighted by Crippen LogP contribution is 2.27. The molecule has 1 aliphatic heterocycles. The number of carbonyl (C=O) groups is 1. The smallest absolute Gasteiger partial charge is 0.317 e. The van der Waals surface area contributed by atoms with Crippen molar-refractivity contribution in [2.45, 2.75) is 38.1 Å². The second kappa shape index (κ2) is 7.73. The van der Waals surface area contributed by atoms with Crippen molar-refractivity contribution < 1.29 is 4.79 Å². The number of aromatic nitrogens is 1. The molecule has 132 valence electrons. The Hall–Kier alpha value is -1.98. The van der Waals surface area contributed by atoms with Gasteiger partial charge in [0.25, 0.3) is 0 Å². The Morgan fingerprint density at radius 3 is 2.75 bits per heavy atom. The highest BCUT2D eigenvalue weighted by atomic mass is 16.2. The molecule has 1 aromatic rings. The number of hydrogen-bond acceptors (Lipinski definition) is 4. The van der Waals surface area contributed by atoms with Crippen LogP contribution in [0.2, 0.25) is 0 Å². The van der Waals surface area contributed by atoms with Crippen LogP contribution >= 0.6 is 0 Å². The van der Waals surface area contributed by atoms with Gasteiger partial charge in [0.15, 0.2) is 0 Å². The lowest BCUT2D eigenvalue weighted by molar-refractivity contribution is 0.199. The largest absolute Gasteiger partial charge is 0.381 e. The van der Waals surface area contributed by atoms with E-state index in [0.717, 1.165) is 56.3 Å². The maximum Gasteiger partial charge on any atom is 0.317 e. The average Bonchev–Trinajstić information content (AvgIpc) is 3.41. The van der Waals surface area contributed by atoms with Crippen LogP contribution in [0.5, 0.6) is 0 Å². The summed E-state index contributed by atoms with van der Waals surface area (Å²) in [6, 6.07) is 4.61. The Morgan fingerprint density at radius 2 is 2.08 bits per heavy atom. The summed E-state index contributed by atoms with van der Waals surface area (Å²) >= 11 is 0. The lowest BCUT2D eigenvalue weighted by Crippen LogP contribution is -2.41. The van der Waals surface area contributed by atoms with Crippen molar-refractivity contribution in [1.29, 1.82) is 0 Å². The van der Waals surface area contributed by atoms with Crippen molar-refractivity contribution in [1.82, 2.24) is 15.2 Å². The van der Waals surface area contributed by atoms with Crippen LogP contribution in [0.3, 0.4) is 0 Å². The molecule has 0 bridgehead atoms. The van der Waals surface area contributed by atoms with Gasteiger partial charge in [0.05, 0.1) is 11.9 Å². The van der Waals surface area contributed by atoms with Crippen LogP contribution in [0.1, 0.15) is 32.1 Å². The van der Waals surface area contributed by atoms with E-state index in [1.807, 2.05) is 36.2 Å². The quantitative estimate of drug-likeness (QED) is 0.870. The molecule has 2 aliphatic rings. The molecule has 1 unspecified atom stereocenters. The molecule has 6 nitrogen and oxygen atoms in total. The van der Waals surface area contributed by atoms with Gasteiger partial charge in [0.2, 0.25) is 0 Å². The van der Waals surface area contributed by atoms with Gasteiger partial charge in [-0.2, -0.15) is 0 Å². The highest BCUT2D eigenvalue weighted by Gasteiger charge is 2.24. The molecule has 6 heteroatoms. The van der Waals surface area contributed by atoms with Crippen molar-refractivity contribution in [2.75, 3.05) is 43.9 Å². The summed E-state index contributed by atoms with van der Waals surface area (Å²) in [6.07, 6.45) is 7.53. The molecule has 1 saturated carbocycles. The number of carbonyl (C=O) groups excluding carboxylic acids is 1. The molecule has 24 heavy (non-hydrogen) atoms. The number of nitrogens with zero attached hydrogens (tertiary/aromatic N) is 3. The van der Waals surface area contributed by atoms with Crippen LogP contribution in [0.15, 0.2) is 18.3 Å². The van der Waals surface area contributed by atoms with Gasteiger partial charge in [0.1, 0.15) is 5.82 Å². The van der Waals surface area contributed by atoms with E-state index in [9.17, 15) is 4.79 Å². The lowest BCUT2D eigenvalue weighted by atomic mass is 10.1. The highest BCUT2D eigenvalue weighted by molar-refractivity contribution is 5.74. The molecule has 2 amide bonds. The number of nitrogens with one attached hydrogen (secondary N) is 2. The van der Waals surface area contributed by atoms with E-state index in [4.69, 9.17) is 0 Å². The Bertz CT molecular complexity index is 541. The monoisotopic (exact) mass is 331 g/mol. The maximum atomic E-state index is 12.2. The number of hydrogen-bond donors (Lipinski definition) is 2. The predicted molar refractivity (Wildman–Crippen MR) is 97.5 cm³/mol. The molecule has 2 heterocycles. The first-order valence-corrected chi connectivity index (χ1v) is 9.04. The van der Waals surface area contributed by atoms with Crippen molar-refractivity contribution in [2.24, 2.45) is 5.92 Å². The Kier molecular flexibility index (Phi) is 5.43. The minimum atomic E-state index is 0.111. The van der Waals surface area contributed by atoms with Crippen molar-refractivity contribution in [3.05, 3.63) is 18.3 Å². The van der Waals surface area contributed by atoms with E-state index < -0.39 is 0 Å². The minimum absolute atomic E-state index is 0.111. The molecular formula is C18H29N5O. The van der Waals surface area contributed by atoms with E-state index in [-0.39, 0.29) is 6.03 Å². The van der Waals surface area contributed by atoms with E-state index in [2.05, 4.69) is 21.7 Å². The Labute approximate surface area is 144 Å². The zero-order valence-corrected chi connectivity index (χ0v) is 14.8. The summed E-state index contributed by atoms with van der Waals surface area (Å²) in [7, 11) is 3.98. The van der Waals surface area contributed by atoms with Crippen LogP contribution in [-0.4, -0.2) is 55.7 Å². The predicted octanol–water partition coefficient (Wildman–Crippen LogP) is 2.53. The summed E-state index contributed by atoms with van der Waals surface area (Å²) in [4.78, 5) is 20.6. The zero-order valence-electron chi connectivity index (χ0n) is 14.8. The summed E-state index contributed by atoms with van der Waals surface area (Å²) in [5.41, 5.74) is 1.05. The Balaban J connectivity index is 1.46. The van der Waals surface area contributed by atoms with E-state index in [1.54, 1.807) is 0 Å². The van der Waals surface area contributed by atoms with Crippen LogP contribution < -0.4 is 15.5 Å². The molecule has 3 rings (SSSR count). The summed E-state index contributed by atoms with van der Waals surface area (Å²) in [5.74, 6) is 1.69. The van der Waals surface area contributed by atoms with E-state index in [1.165, 1.54) is 12.8 Å². The number of likely N-dealkylation sites (tertiary alicyclic amines) is 1. The van der Waals surface area contributed by atoms with Crippen LogP contribution in [0, 0.1) is 5.92 Å². The van der Waals surface area contributed by atoms with E-state index >= 15 is 0 Å². The van der Waals surface area contributed by atoms with Gasteiger partial charge < -0.3 is 20.4 Å². The summed E-state index contributed by atoms with van der Waals surface area (Å²) < 4.78 is 0. The standard InChI is InChI=1S/C18H29N5O/c1-22(2)17-8-7-16(13-19-17)21-15-4-3-10-23(11-9-15)18(24)20-12-14-5-6-14/h7-8,13-15,21H,3-6,9-12H2,1-2H3,(H,20,24). The topological polar surface area (TPSA) is 60.5 Å².